The highest BCUT2D eigenvalue weighted by Crippen LogP contribution is 2.18. The molecule has 0 unspecified atom stereocenters. The van der Waals surface area contributed by atoms with Crippen molar-refractivity contribution in [3.63, 3.8) is 0 Å². The van der Waals surface area contributed by atoms with Gasteiger partial charge in [-0.15, -0.1) is 11.8 Å². The molecule has 1 heterocycles. The first-order chi connectivity index (χ1) is 6.65. The van der Waals surface area contributed by atoms with Crippen LogP contribution in [0, 0.1) is 13.8 Å². The summed E-state index contributed by atoms with van der Waals surface area (Å²) in [5.41, 5.74) is 2.01. The predicted molar refractivity (Wildman–Crippen MR) is 56.2 cm³/mol. The molecule has 0 spiro atoms. The number of carbonyl (C=O) groups is 1. The van der Waals surface area contributed by atoms with Gasteiger partial charge in [0.15, 0.2) is 0 Å². The Bertz CT molecular complexity index is 303. The van der Waals surface area contributed by atoms with Crippen molar-refractivity contribution in [3.8, 4) is 0 Å². The zero-order valence-corrected chi connectivity index (χ0v) is 9.40. The molecule has 0 bridgehead atoms. The lowest BCUT2D eigenvalue weighted by Crippen LogP contribution is -2.19. The molecule has 4 nitrogen and oxygen atoms in total. The van der Waals surface area contributed by atoms with E-state index in [0.29, 0.717) is 5.75 Å². The molecule has 78 valence electrons. The van der Waals surface area contributed by atoms with Crippen LogP contribution in [-0.4, -0.2) is 23.9 Å². The molecular formula is C9H14N2O2S. The third-order valence-electron chi connectivity index (χ3n) is 1.94. The van der Waals surface area contributed by atoms with Crippen molar-refractivity contribution in [3.05, 3.63) is 17.0 Å². The Morgan fingerprint density at radius 2 is 2.29 bits per heavy atom. The van der Waals surface area contributed by atoms with Crippen molar-refractivity contribution >= 4 is 17.7 Å². The van der Waals surface area contributed by atoms with Crippen LogP contribution in [0.25, 0.3) is 0 Å². The van der Waals surface area contributed by atoms with E-state index in [-0.39, 0.29) is 5.91 Å². The van der Waals surface area contributed by atoms with Crippen molar-refractivity contribution in [1.82, 2.24) is 10.5 Å². The molecule has 0 saturated carbocycles. The first kappa shape index (κ1) is 11.1. The van der Waals surface area contributed by atoms with Crippen LogP contribution in [0.15, 0.2) is 4.52 Å². The molecule has 0 radical (unpaired) electrons. The van der Waals surface area contributed by atoms with Crippen molar-refractivity contribution in [2.75, 3.05) is 12.8 Å². The molecule has 0 aliphatic heterocycles. The fourth-order valence-electron chi connectivity index (χ4n) is 1.03. The maximum atomic E-state index is 10.9. The zero-order valence-electron chi connectivity index (χ0n) is 8.59. The average molecular weight is 214 g/mol. The number of rotatable bonds is 4. The normalized spacial score (nSPS) is 10.2. The lowest BCUT2D eigenvalue weighted by molar-refractivity contribution is -0.118. The molecule has 1 amide bonds. The number of nitrogens with zero attached hydrogens (tertiary/aromatic N) is 1. The number of amides is 1. The van der Waals surface area contributed by atoms with E-state index in [1.54, 1.807) is 18.8 Å². The highest BCUT2D eigenvalue weighted by molar-refractivity contribution is 7.99. The Balaban J connectivity index is 2.42. The number of carbonyl (C=O) groups excluding carboxylic acids is 1. The second kappa shape index (κ2) is 5.05. The van der Waals surface area contributed by atoms with Crippen LogP contribution < -0.4 is 5.32 Å². The topological polar surface area (TPSA) is 55.1 Å². The predicted octanol–water partition coefficient (Wildman–Crippen LogP) is 1.27. The Labute approximate surface area is 87.4 Å². The first-order valence-electron chi connectivity index (χ1n) is 4.35. The van der Waals surface area contributed by atoms with Crippen LogP contribution in [0.3, 0.4) is 0 Å². The van der Waals surface area contributed by atoms with Crippen LogP contribution >= 0.6 is 11.8 Å². The van der Waals surface area contributed by atoms with Gasteiger partial charge in [0.05, 0.1) is 11.4 Å². The lowest BCUT2D eigenvalue weighted by Gasteiger charge is -1.99. The van der Waals surface area contributed by atoms with Gasteiger partial charge in [0.2, 0.25) is 5.91 Å². The molecular weight excluding hydrogens is 200 g/mol. The van der Waals surface area contributed by atoms with Crippen LogP contribution in [0.2, 0.25) is 0 Å². The molecule has 0 saturated heterocycles. The van der Waals surface area contributed by atoms with Gasteiger partial charge in [0, 0.05) is 18.4 Å². The van der Waals surface area contributed by atoms with Gasteiger partial charge in [0.25, 0.3) is 0 Å². The van der Waals surface area contributed by atoms with Gasteiger partial charge in [0.1, 0.15) is 5.76 Å². The summed E-state index contributed by atoms with van der Waals surface area (Å²) in [5.74, 6) is 2.13. The fourth-order valence-corrected chi connectivity index (χ4v) is 2.07. The van der Waals surface area contributed by atoms with Gasteiger partial charge in [-0.3, -0.25) is 4.79 Å². The fraction of sp³-hybridized carbons (Fsp3) is 0.556. The van der Waals surface area contributed by atoms with Crippen LogP contribution in [0.1, 0.15) is 17.0 Å². The van der Waals surface area contributed by atoms with Crippen molar-refractivity contribution in [1.29, 1.82) is 0 Å². The van der Waals surface area contributed by atoms with Gasteiger partial charge < -0.3 is 9.84 Å². The van der Waals surface area contributed by atoms with Crippen molar-refractivity contribution < 1.29 is 9.32 Å². The Morgan fingerprint density at radius 1 is 1.57 bits per heavy atom. The summed E-state index contributed by atoms with van der Waals surface area (Å²) < 4.78 is 5.02. The quantitative estimate of drug-likeness (QED) is 0.820. The summed E-state index contributed by atoms with van der Waals surface area (Å²) in [6, 6.07) is 0. The molecule has 1 aromatic heterocycles. The minimum absolute atomic E-state index is 0.0433. The van der Waals surface area contributed by atoms with E-state index in [9.17, 15) is 4.79 Å². The summed E-state index contributed by atoms with van der Waals surface area (Å²) in [4.78, 5) is 10.9. The molecule has 0 aromatic carbocycles. The molecule has 14 heavy (non-hydrogen) atoms. The molecule has 0 aliphatic carbocycles. The second-order valence-corrected chi connectivity index (χ2v) is 3.95. The third-order valence-corrected chi connectivity index (χ3v) is 2.90. The first-order valence-corrected chi connectivity index (χ1v) is 5.50. The standard InChI is InChI=1S/C9H14N2O2S/c1-6-8(7(2)13-11-6)4-14-5-9(12)10-3/h4-5H2,1-3H3,(H,10,12). The van der Waals surface area contributed by atoms with E-state index in [1.165, 1.54) is 0 Å². The van der Waals surface area contributed by atoms with E-state index in [2.05, 4.69) is 10.5 Å². The van der Waals surface area contributed by atoms with E-state index in [0.717, 1.165) is 22.8 Å². The smallest absolute Gasteiger partial charge is 0.229 e. The zero-order chi connectivity index (χ0) is 10.6. The summed E-state index contributed by atoms with van der Waals surface area (Å²) in [6.45, 7) is 3.79. The molecule has 1 aromatic rings. The van der Waals surface area contributed by atoms with Gasteiger partial charge in [-0.2, -0.15) is 0 Å². The Morgan fingerprint density at radius 3 is 2.79 bits per heavy atom. The maximum absolute atomic E-state index is 10.9. The Hall–Kier alpha value is -0.970. The Kier molecular flexibility index (Phi) is 4.00. The van der Waals surface area contributed by atoms with E-state index < -0.39 is 0 Å². The monoisotopic (exact) mass is 214 g/mol. The summed E-state index contributed by atoms with van der Waals surface area (Å²) in [7, 11) is 1.64. The van der Waals surface area contributed by atoms with E-state index >= 15 is 0 Å². The van der Waals surface area contributed by atoms with Crippen LogP contribution in [0.5, 0.6) is 0 Å². The van der Waals surface area contributed by atoms with Crippen LogP contribution in [-0.2, 0) is 10.5 Å². The molecule has 5 heteroatoms. The number of aromatic nitrogens is 1. The third kappa shape index (κ3) is 2.77. The minimum atomic E-state index is 0.0433. The number of thioether (sulfide) groups is 1. The minimum Gasteiger partial charge on any atom is -0.361 e. The lowest BCUT2D eigenvalue weighted by atomic mass is 10.2. The number of hydrogen-bond acceptors (Lipinski definition) is 4. The number of aryl methyl sites for hydroxylation is 2. The number of hydrogen-bond donors (Lipinski definition) is 1. The molecule has 0 aliphatic rings. The van der Waals surface area contributed by atoms with Crippen molar-refractivity contribution in [2.45, 2.75) is 19.6 Å². The highest BCUT2D eigenvalue weighted by atomic mass is 32.2. The molecule has 1 rings (SSSR count). The molecule has 0 fully saturated rings. The number of nitrogens with one attached hydrogen (secondary N) is 1. The van der Waals surface area contributed by atoms with Crippen LogP contribution in [0.4, 0.5) is 0 Å². The summed E-state index contributed by atoms with van der Waals surface area (Å²) in [6.07, 6.45) is 0. The molecule has 0 atom stereocenters. The highest BCUT2D eigenvalue weighted by Gasteiger charge is 2.09. The van der Waals surface area contributed by atoms with E-state index in [4.69, 9.17) is 4.52 Å². The van der Waals surface area contributed by atoms with Gasteiger partial charge in [-0.05, 0) is 13.8 Å². The van der Waals surface area contributed by atoms with E-state index in [1.807, 2.05) is 13.8 Å². The summed E-state index contributed by atoms with van der Waals surface area (Å²) in [5, 5.41) is 6.42. The van der Waals surface area contributed by atoms with Gasteiger partial charge in [-0.25, -0.2) is 0 Å². The second-order valence-electron chi connectivity index (χ2n) is 2.97. The maximum Gasteiger partial charge on any atom is 0.229 e. The average Bonchev–Trinajstić information content (AvgIpc) is 2.48. The van der Waals surface area contributed by atoms with Crippen molar-refractivity contribution in [2.24, 2.45) is 0 Å². The van der Waals surface area contributed by atoms with Gasteiger partial charge in [-0.1, -0.05) is 5.16 Å². The largest absolute Gasteiger partial charge is 0.361 e. The van der Waals surface area contributed by atoms with Gasteiger partial charge >= 0.3 is 0 Å². The molecule has 1 N–H and O–H groups in total. The SMILES string of the molecule is CNC(=O)CSCc1c(C)noc1C. The summed E-state index contributed by atoms with van der Waals surface area (Å²) >= 11 is 1.56.